The average Bonchev–Trinajstić information content (AvgIpc) is 3.15. The van der Waals surface area contributed by atoms with Gasteiger partial charge in [-0.05, 0) is 25.0 Å². The maximum atomic E-state index is 10.9. The van der Waals surface area contributed by atoms with Gasteiger partial charge in [0.25, 0.3) is 0 Å². The summed E-state index contributed by atoms with van der Waals surface area (Å²) in [6.07, 6.45) is 6.23. The Morgan fingerprint density at radius 1 is 1.00 bits per heavy atom. The van der Waals surface area contributed by atoms with E-state index in [-0.39, 0.29) is 0 Å². The maximum Gasteiger partial charge on any atom is 0.156 e. The third kappa shape index (κ3) is 2.73. The predicted octanol–water partition coefficient (Wildman–Crippen LogP) is 4.57. The van der Waals surface area contributed by atoms with Crippen molar-refractivity contribution in [3.63, 3.8) is 0 Å². The Hall–Kier alpha value is -3.47. The highest BCUT2D eigenvalue weighted by Crippen LogP contribution is 2.28. The van der Waals surface area contributed by atoms with Crippen molar-refractivity contribution in [2.75, 3.05) is 5.32 Å². The number of para-hydroxylation sites is 1. The zero-order chi connectivity index (χ0) is 18.1. The number of carbonyl (C=O) groups excluding carboxylic acids is 1. The maximum absolute atomic E-state index is 10.9. The monoisotopic (exact) mass is 342 g/mol. The molecule has 2 aromatic heterocycles. The minimum absolute atomic E-state index is 0.650. The minimum atomic E-state index is 0.650. The molecule has 2 heterocycles. The average molecular weight is 342 g/mol. The van der Waals surface area contributed by atoms with Crippen molar-refractivity contribution in [2.45, 2.75) is 13.8 Å². The summed E-state index contributed by atoms with van der Waals surface area (Å²) in [6, 6.07) is 13.6. The second kappa shape index (κ2) is 6.44. The molecular weight excluding hydrogens is 324 g/mol. The largest absolute Gasteiger partial charge is 0.338 e. The lowest BCUT2D eigenvalue weighted by Crippen LogP contribution is -2.02. The molecule has 0 saturated carbocycles. The Morgan fingerprint density at radius 3 is 2.42 bits per heavy atom. The molecule has 4 rings (SSSR count). The standard InChI is InChI=1S/C21H18N4O/c1-14-4-3-5-15(2)20(14)24-21-19-10-22-13-25(19)18(11-23-21)17-8-6-16(12-26)7-9-17/h3-13H,1-2H3,(H,23,24). The number of aldehydes is 1. The van der Waals surface area contributed by atoms with Gasteiger partial charge in [-0.3, -0.25) is 9.20 Å². The normalized spacial score (nSPS) is 10.8. The molecule has 5 heteroatoms. The van der Waals surface area contributed by atoms with Crippen molar-refractivity contribution in [2.24, 2.45) is 0 Å². The topological polar surface area (TPSA) is 59.3 Å². The van der Waals surface area contributed by atoms with E-state index in [0.717, 1.165) is 45.7 Å². The van der Waals surface area contributed by atoms with Crippen LogP contribution >= 0.6 is 0 Å². The summed E-state index contributed by atoms with van der Waals surface area (Å²) in [5.41, 5.74) is 6.83. The molecule has 1 N–H and O–H groups in total. The van der Waals surface area contributed by atoms with Crippen LogP contribution in [0.15, 0.2) is 61.2 Å². The number of aryl methyl sites for hydroxylation is 2. The van der Waals surface area contributed by atoms with Crippen LogP contribution in [-0.4, -0.2) is 20.7 Å². The van der Waals surface area contributed by atoms with E-state index in [1.807, 2.05) is 28.8 Å². The van der Waals surface area contributed by atoms with Crippen LogP contribution in [0.1, 0.15) is 21.5 Å². The van der Waals surface area contributed by atoms with Crippen molar-refractivity contribution in [3.8, 4) is 11.3 Å². The molecule has 0 amide bonds. The van der Waals surface area contributed by atoms with Crippen LogP contribution in [0.4, 0.5) is 11.5 Å². The second-order valence-electron chi connectivity index (χ2n) is 6.27. The number of hydrogen-bond donors (Lipinski definition) is 1. The Bertz CT molecular complexity index is 1080. The summed E-state index contributed by atoms with van der Waals surface area (Å²) in [5, 5.41) is 3.45. The van der Waals surface area contributed by atoms with Gasteiger partial charge in [0.1, 0.15) is 11.8 Å². The first-order chi connectivity index (χ1) is 12.7. The molecule has 0 atom stereocenters. The number of rotatable bonds is 4. The molecule has 0 aliphatic rings. The van der Waals surface area contributed by atoms with E-state index in [2.05, 4.69) is 41.3 Å². The summed E-state index contributed by atoms with van der Waals surface area (Å²) in [7, 11) is 0. The molecule has 4 aromatic rings. The first-order valence-electron chi connectivity index (χ1n) is 8.37. The lowest BCUT2D eigenvalue weighted by Gasteiger charge is -2.14. The van der Waals surface area contributed by atoms with E-state index in [4.69, 9.17) is 0 Å². The summed E-state index contributed by atoms with van der Waals surface area (Å²) >= 11 is 0. The van der Waals surface area contributed by atoms with Gasteiger partial charge in [0.05, 0.1) is 24.4 Å². The fourth-order valence-corrected chi connectivity index (χ4v) is 3.09. The van der Waals surface area contributed by atoms with E-state index in [0.29, 0.717) is 5.56 Å². The predicted molar refractivity (Wildman–Crippen MR) is 103 cm³/mol. The highest BCUT2D eigenvalue weighted by molar-refractivity contribution is 5.79. The number of aromatic nitrogens is 3. The lowest BCUT2D eigenvalue weighted by molar-refractivity contribution is 0.112. The smallest absolute Gasteiger partial charge is 0.156 e. The van der Waals surface area contributed by atoms with Crippen molar-refractivity contribution in [1.29, 1.82) is 0 Å². The number of hydrogen-bond acceptors (Lipinski definition) is 4. The molecule has 0 saturated heterocycles. The molecule has 5 nitrogen and oxygen atoms in total. The van der Waals surface area contributed by atoms with E-state index in [9.17, 15) is 4.79 Å². The van der Waals surface area contributed by atoms with Crippen LogP contribution in [0.25, 0.3) is 16.8 Å². The van der Waals surface area contributed by atoms with Gasteiger partial charge in [0.15, 0.2) is 5.82 Å². The Morgan fingerprint density at radius 2 is 1.73 bits per heavy atom. The fourth-order valence-electron chi connectivity index (χ4n) is 3.09. The molecule has 0 spiro atoms. The summed E-state index contributed by atoms with van der Waals surface area (Å²) in [5.74, 6) is 0.758. The second-order valence-corrected chi connectivity index (χ2v) is 6.27. The first-order valence-corrected chi connectivity index (χ1v) is 8.37. The molecule has 0 fully saturated rings. The van der Waals surface area contributed by atoms with Crippen LogP contribution in [-0.2, 0) is 0 Å². The molecule has 128 valence electrons. The van der Waals surface area contributed by atoms with Crippen LogP contribution in [0.3, 0.4) is 0 Å². The molecule has 0 radical (unpaired) electrons. The van der Waals surface area contributed by atoms with Crippen LogP contribution in [0.2, 0.25) is 0 Å². The molecular formula is C21H18N4O. The lowest BCUT2D eigenvalue weighted by atomic mass is 10.1. The van der Waals surface area contributed by atoms with E-state index >= 15 is 0 Å². The van der Waals surface area contributed by atoms with E-state index in [1.54, 1.807) is 24.7 Å². The zero-order valence-electron chi connectivity index (χ0n) is 14.6. The molecule has 0 aliphatic carbocycles. The SMILES string of the molecule is Cc1cccc(C)c1Nc1ncc(-c2ccc(C=O)cc2)n2cncc12. The van der Waals surface area contributed by atoms with E-state index < -0.39 is 0 Å². The van der Waals surface area contributed by atoms with Gasteiger partial charge >= 0.3 is 0 Å². The van der Waals surface area contributed by atoms with Gasteiger partial charge in [-0.25, -0.2) is 9.97 Å². The summed E-state index contributed by atoms with van der Waals surface area (Å²) in [4.78, 5) is 19.8. The first kappa shape index (κ1) is 16.0. The Balaban J connectivity index is 1.80. The summed E-state index contributed by atoms with van der Waals surface area (Å²) in [6.45, 7) is 4.15. The Labute approximate surface area is 151 Å². The van der Waals surface area contributed by atoms with Gasteiger partial charge in [0, 0.05) is 16.8 Å². The van der Waals surface area contributed by atoms with Crippen LogP contribution in [0, 0.1) is 13.8 Å². The van der Waals surface area contributed by atoms with Gasteiger partial charge in [0.2, 0.25) is 0 Å². The van der Waals surface area contributed by atoms with Crippen molar-refractivity contribution >= 4 is 23.3 Å². The Kier molecular flexibility index (Phi) is 3.97. The highest BCUT2D eigenvalue weighted by atomic mass is 16.1. The zero-order valence-corrected chi connectivity index (χ0v) is 14.6. The van der Waals surface area contributed by atoms with Gasteiger partial charge in [-0.2, -0.15) is 0 Å². The number of benzene rings is 2. The van der Waals surface area contributed by atoms with Crippen molar-refractivity contribution in [1.82, 2.24) is 14.4 Å². The number of anilines is 2. The molecule has 2 aromatic carbocycles. The van der Waals surface area contributed by atoms with Gasteiger partial charge < -0.3 is 5.32 Å². The third-order valence-corrected chi connectivity index (χ3v) is 4.52. The number of nitrogens with one attached hydrogen (secondary N) is 1. The number of fused-ring (bicyclic) bond motifs is 1. The number of carbonyl (C=O) groups is 1. The van der Waals surface area contributed by atoms with Crippen molar-refractivity contribution in [3.05, 3.63) is 77.9 Å². The number of imidazole rings is 1. The quantitative estimate of drug-likeness (QED) is 0.552. The summed E-state index contributed by atoms with van der Waals surface area (Å²) < 4.78 is 2.00. The minimum Gasteiger partial charge on any atom is -0.338 e. The van der Waals surface area contributed by atoms with Crippen molar-refractivity contribution < 1.29 is 4.79 Å². The fraction of sp³-hybridized carbons (Fsp3) is 0.0952. The van der Waals surface area contributed by atoms with E-state index in [1.165, 1.54) is 0 Å². The van der Waals surface area contributed by atoms with Crippen LogP contribution < -0.4 is 5.32 Å². The number of nitrogens with zero attached hydrogens (tertiary/aromatic N) is 3. The van der Waals surface area contributed by atoms with Gasteiger partial charge in [-0.15, -0.1) is 0 Å². The van der Waals surface area contributed by atoms with Gasteiger partial charge in [-0.1, -0.05) is 42.5 Å². The van der Waals surface area contributed by atoms with Crippen LogP contribution in [0.5, 0.6) is 0 Å². The molecule has 0 unspecified atom stereocenters. The third-order valence-electron chi connectivity index (χ3n) is 4.52. The highest BCUT2D eigenvalue weighted by Gasteiger charge is 2.11. The molecule has 26 heavy (non-hydrogen) atoms. The molecule has 0 aliphatic heterocycles. The molecule has 0 bridgehead atoms.